The van der Waals surface area contributed by atoms with Gasteiger partial charge in [-0.05, 0) is 38.8 Å². The summed E-state index contributed by atoms with van der Waals surface area (Å²) in [4.78, 5) is 40.1. The lowest BCUT2D eigenvalue weighted by Crippen LogP contribution is -2.33. The number of esters is 2. The van der Waals surface area contributed by atoms with Crippen molar-refractivity contribution >= 4 is 28.9 Å². The Hall–Kier alpha value is -2.90. The Morgan fingerprint density at radius 3 is 2.65 bits per heavy atom. The van der Waals surface area contributed by atoms with E-state index in [1.807, 2.05) is 0 Å². The lowest BCUT2D eigenvalue weighted by Gasteiger charge is -2.16. The van der Waals surface area contributed by atoms with Gasteiger partial charge in [0, 0.05) is 6.42 Å². The fourth-order valence-electron chi connectivity index (χ4n) is 2.48. The second kappa shape index (κ2) is 8.98. The summed E-state index contributed by atoms with van der Waals surface area (Å²) in [5.74, 6) is -0.988. The molecule has 1 aromatic carbocycles. The zero-order chi connectivity index (χ0) is 19.1. The number of aryl methyl sites for hydroxylation is 1. The Morgan fingerprint density at radius 2 is 1.96 bits per heavy atom. The van der Waals surface area contributed by atoms with E-state index in [4.69, 9.17) is 13.9 Å². The molecule has 0 saturated heterocycles. The number of carbonyl (C=O) groups excluding carboxylic acids is 2. The van der Waals surface area contributed by atoms with Crippen molar-refractivity contribution in [2.24, 2.45) is 0 Å². The van der Waals surface area contributed by atoms with E-state index in [9.17, 15) is 14.4 Å². The highest BCUT2D eigenvalue weighted by Gasteiger charge is 2.23. The van der Waals surface area contributed by atoms with Crippen LogP contribution in [0.4, 0.5) is 6.01 Å². The lowest BCUT2D eigenvalue weighted by molar-refractivity contribution is -0.145. The number of benzene rings is 1. The van der Waals surface area contributed by atoms with Crippen molar-refractivity contribution in [3.63, 3.8) is 0 Å². The quantitative estimate of drug-likeness (QED) is 0.712. The molecular formula is C18H22N2O6. The SMILES string of the molecule is CCOC(=O)CC[C@H](Nc1nc2cccc(C)c2c(=O)o1)C(=O)OCC. The number of hydrogen-bond donors (Lipinski definition) is 1. The number of anilines is 1. The average Bonchev–Trinajstić information content (AvgIpc) is 2.58. The first kappa shape index (κ1) is 19.4. The van der Waals surface area contributed by atoms with Gasteiger partial charge < -0.3 is 19.2 Å². The van der Waals surface area contributed by atoms with Crippen molar-refractivity contribution in [1.29, 1.82) is 0 Å². The van der Waals surface area contributed by atoms with E-state index in [0.717, 1.165) is 5.56 Å². The Bertz CT molecular complexity index is 845. The van der Waals surface area contributed by atoms with Gasteiger partial charge in [-0.2, -0.15) is 4.98 Å². The van der Waals surface area contributed by atoms with Crippen LogP contribution in [0.3, 0.4) is 0 Å². The van der Waals surface area contributed by atoms with Gasteiger partial charge in [0.15, 0.2) is 0 Å². The molecule has 2 rings (SSSR count). The second-order valence-corrected chi connectivity index (χ2v) is 5.57. The molecule has 1 N–H and O–H groups in total. The first-order valence-electron chi connectivity index (χ1n) is 8.45. The second-order valence-electron chi connectivity index (χ2n) is 5.57. The summed E-state index contributed by atoms with van der Waals surface area (Å²) >= 11 is 0. The molecule has 1 atom stereocenters. The van der Waals surface area contributed by atoms with Crippen molar-refractivity contribution in [1.82, 2.24) is 4.98 Å². The van der Waals surface area contributed by atoms with Crippen LogP contribution in [0, 0.1) is 6.92 Å². The molecule has 0 saturated carbocycles. The zero-order valence-electron chi connectivity index (χ0n) is 15.0. The van der Waals surface area contributed by atoms with Crippen molar-refractivity contribution in [2.45, 2.75) is 39.7 Å². The highest BCUT2D eigenvalue weighted by molar-refractivity contribution is 5.82. The summed E-state index contributed by atoms with van der Waals surface area (Å²) in [6.07, 6.45) is 0.135. The third kappa shape index (κ3) is 4.81. The van der Waals surface area contributed by atoms with E-state index in [0.29, 0.717) is 10.9 Å². The maximum absolute atomic E-state index is 12.2. The first-order chi connectivity index (χ1) is 12.5. The van der Waals surface area contributed by atoms with Gasteiger partial charge in [0.25, 0.3) is 6.01 Å². The van der Waals surface area contributed by atoms with Crippen LogP contribution in [-0.4, -0.2) is 36.2 Å². The minimum Gasteiger partial charge on any atom is -0.466 e. The van der Waals surface area contributed by atoms with Crippen LogP contribution in [0.15, 0.2) is 27.4 Å². The van der Waals surface area contributed by atoms with E-state index >= 15 is 0 Å². The van der Waals surface area contributed by atoms with E-state index in [2.05, 4.69) is 10.3 Å². The monoisotopic (exact) mass is 362 g/mol. The molecule has 0 aliphatic rings. The summed E-state index contributed by atoms with van der Waals surface area (Å²) in [7, 11) is 0. The number of nitrogens with one attached hydrogen (secondary N) is 1. The van der Waals surface area contributed by atoms with Crippen LogP contribution in [0.5, 0.6) is 0 Å². The van der Waals surface area contributed by atoms with E-state index in [1.165, 1.54) is 0 Å². The topological polar surface area (TPSA) is 108 Å². The molecule has 1 heterocycles. The third-order valence-electron chi connectivity index (χ3n) is 3.68. The number of aromatic nitrogens is 1. The number of hydrogen-bond acceptors (Lipinski definition) is 8. The van der Waals surface area contributed by atoms with Gasteiger partial charge in [-0.1, -0.05) is 12.1 Å². The Balaban J connectivity index is 2.24. The predicted octanol–water partition coefficient (Wildman–Crippen LogP) is 2.18. The van der Waals surface area contributed by atoms with Gasteiger partial charge in [0.2, 0.25) is 0 Å². The predicted molar refractivity (Wildman–Crippen MR) is 94.9 cm³/mol. The molecule has 0 aliphatic heterocycles. The molecular weight excluding hydrogens is 340 g/mol. The van der Waals surface area contributed by atoms with Gasteiger partial charge in [-0.25, -0.2) is 9.59 Å². The fraction of sp³-hybridized carbons (Fsp3) is 0.444. The number of nitrogens with zero attached hydrogens (tertiary/aromatic N) is 1. The number of fused-ring (bicyclic) bond motifs is 1. The molecule has 0 amide bonds. The highest BCUT2D eigenvalue weighted by Crippen LogP contribution is 2.16. The summed E-state index contributed by atoms with van der Waals surface area (Å²) < 4.78 is 15.1. The average molecular weight is 362 g/mol. The number of ether oxygens (including phenoxy) is 2. The maximum Gasteiger partial charge on any atom is 0.348 e. The normalized spacial score (nSPS) is 11.8. The maximum atomic E-state index is 12.2. The van der Waals surface area contributed by atoms with Crippen LogP contribution in [0.25, 0.3) is 10.9 Å². The zero-order valence-corrected chi connectivity index (χ0v) is 15.0. The van der Waals surface area contributed by atoms with Gasteiger partial charge in [-0.15, -0.1) is 0 Å². The summed E-state index contributed by atoms with van der Waals surface area (Å²) in [5.41, 5.74) is 0.653. The molecule has 2 aromatic rings. The molecule has 0 bridgehead atoms. The first-order valence-corrected chi connectivity index (χ1v) is 8.45. The van der Waals surface area contributed by atoms with Crippen LogP contribution in [0.1, 0.15) is 32.3 Å². The molecule has 8 heteroatoms. The van der Waals surface area contributed by atoms with Gasteiger partial charge in [0.1, 0.15) is 6.04 Å². The summed E-state index contributed by atoms with van der Waals surface area (Å²) in [5, 5.41) is 3.14. The molecule has 0 spiro atoms. The van der Waals surface area contributed by atoms with E-state index < -0.39 is 23.6 Å². The van der Waals surface area contributed by atoms with Crippen molar-refractivity contribution in [2.75, 3.05) is 18.5 Å². The lowest BCUT2D eigenvalue weighted by atomic mass is 10.1. The van der Waals surface area contributed by atoms with Crippen molar-refractivity contribution in [3.05, 3.63) is 34.2 Å². The number of carbonyl (C=O) groups is 2. The van der Waals surface area contributed by atoms with Crippen molar-refractivity contribution in [3.8, 4) is 0 Å². The van der Waals surface area contributed by atoms with E-state index in [-0.39, 0.29) is 32.1 Å². The molecule has 140 valence electrons. The molecule has 0 fully saturated rings. The standard InChI is InChI=1S/C18H22N2O6/c1-4-24-14(21)10-9-13(16(22)25-5-2)20-18-19-12-8-6-7-11(3)15(12)17(23)26-18/h6-8,13H,4-5,9-10H2,1-3H3,(H,19,20)/t13-/m0/s1. The Labute approximate surface area is 150 Å². The Morgan fingerprint density at radius 1 is 1.23 bits per heavy atom. The van der Waals surface area contributed by atoms with Crippen LogP contribution >= 0.6 is 0 Å². The van der Waals surface area contributed by atoms with Gasteiger partial charge >= 0.3 is 17.6 Å². The van der Waals surface area contributed by atoms with Gasteiger partial charge in [-0.3, -0.25) is 4.79 Å². The third-order valence-corrected chi connectivity index (χ3v) is 3.68. The minimum absolute atomic E-state index is 0.0151. The molecule has 8 nitrogen and oxygen atoms in total. The van der Waals surface area contributed by atoms with Crippen LogP contribution in [0.2, 0.25) is 0 Å². The smallest absolute Gasteiger partial charge is 0.348 e. The van der Waals surface area contributed by atoms with E-state index in [1.54, 1.807) is 39.0 Å². The Kier molecular flexibility index (Phi) is 6.71. The number of rotatable bonds is 8. The van der Waals surface area contributed by atoms with Crippen LogP contribution < -0.4 is 10.9 Å². The fourth-order valence-corrected chi connectivity index (χ4v) is 2.48. The van der Waals surface area contributed by atoms with Crippen molar-refractivity contribution < 1.29 is 23.5 Å². The molecule has 26 heavy (non-hydrogen) atoms. The molecule has 1 aromatic heterocycles. The molecule has 0 aliphatic carbocycles. The summed E-state index contributed by atoms with van der Waals surface area (Å²) in [6, 6.07) is 4.25. The minimum atomic E-state index is -0.891. The van der Waals surface area contributed by atoms with Crippen LogP contribution in [-0.2, 0) is 19.1 Å². The molecule has 0 unspecified atom stereocenters. The van der Waals surface area contributed by atoms with Gasteiger partial charge in [0.05, 0.1) is 24.1 Å². The summed E-state index contributed by atoms with van der Waals surface area (Å²) in [6.45, 7) is 5.61. The largest absolute Gasteiger partial charge is 0.466 e. The highest BCUT2D eigenvalue weighted by atomic mass is 16.5. The molecule has 0 radical (unpaired) electrons.